The Bertz CT molecular complexity index is 8530. The molecule has 0 amide bonds. The monoisotopic (exact) mass is 1900 g/mol. The van der Waals surface area contributed by atoms with Crippen LogP contribution in [0, 0.1) is 0 Å². The second-order valence-corrected chi connectivity index (χ2v) is 42.1. The fourth-order valence-electron chi connectivity index (χ4n) is 26.3. The molecule has 3 heteroatoms. The zero-order chi connectivity index (χ0) is 100. The first-order valence-electron chi connectivity index (χ1n) is 52.1. The molecule has 3 atom stereocenters. The molecule has 4 aliphatic carbocycles. The molecule has 3 unspecified atom stereocenters. The standard InChI is InChI=1S/C52H41N.C49H41N.C44H35N/c1-51(2)49-27-14-12-25-47(49)48-26-13-15-28-50(48)52(51,42-21-10-5-11-22-42)43-23-16-24-46(37-43)53(44-33-29-40(30-34-44)38-17-6-3-7-18-38)45-35-31-41(32-36-45)39-19-8-4-9-20-39;1-47(2)43-24-14-11-21-39(43)42-32-31-38(33-46(42)47)50(36-19-9-6-10-20-36)37-29-27-35(28-30-37)49(34-17-7-5-8-18-34)45-26-16-13-23-41(45)40-22-12-15-25-44(40)48(49,3)4;1-43(2)41-26-13-11-24-39(41)40-25-12-14-27-42(40)44(43,34-18-5-3-6-19-34)35-20-15-23-37(31-35)45(36-21-7-4-8-22-36)38-29-28-32-16-9-10-17-33(32)30-38/h3-37H,1-2H3;5-33H,1-4H3;3-31H,1-2H3. The van der Waals surface area contributed by atoms with Gasteiger partial charge in [-0.1, -0.05) is 510 Å². The van der Waals surface area contributed by atoms with Gasteiger partial charge in [-0.05, 0) is 265 Å². The van der Waals surface area contributed by atoms with Crippen LogP contribution in [0.25, 0.3) is 77.5 Å². The molecule has 0 saturated heterocycles. The Hall–Kier alpha value is -17.5. The van der Waals surface area contributed by atoms with Crippen molar-refractivity contribution < 1.29 is 0 Å². The normalized spacial score (nSPS) is 16.5. The molecule has 0 bridgehead atoms. The number of hydrogen-bond donors (Lipinski definition) is 0. The minimum absolute atomic E-state index is 0.0769. The van der Waals surface area contributed by atoms with Crippen molar-refractivity contribution in [2.45, 2.75) is 93.3 Å². The quantitative estimate of drug-likeness (QED) is 0.0900. The van der Waals surface area contributed by atoms with Crippen molar-refractivity contribution in [1.29, 1.82) is 0 Å². The van der Waals surface area contributed by atoms with Crippen LogP contribution in [-0.2, 0) is 37.9 Å². The second-order valence-electron chi connectivity index (χ2n) is 42.1. The lowest BCUT2D eigenvalue weighted by atomic mass is 9.49. The van der Waals surface area contributed by atoms with Crippen LogP contribution in [0.4, 0.5) is 51.2 Å². The summed E-state index contributed by atoms with van der Waals surface area (Å²) < 4.78 is 0. The first-order valence-corrected chi connectivity index (χ1v) is 52.1. The van der Waals surface area contributed by atoms with Gasteiger partial charge in [0.25, 0.3) is 0 Å². The van der Waals surface area contributed by atoms with Gasteiger partial charge < -0.3 is 14.7 Å². The molecule has 0 aromatic heterocycles. The van der Waals surface area contributed by atoms with E-state index in [0.29, 0.717) is 0 Å². The van der Waals surface area contributed by atoms with Gasteiger partial charge in [-0.2, -0.15) is 0 Å². The van der Waals surface area contributed by atoms with Crippen molar-refractivity contribution in [3.63, 3.8) is 0 Å². The third kappa shape index (κ3) is 15.3. The summed E-state index contributed by atoms with van der Waals surface area (Å²) in [5, 5.41) is 2.47. The molecule has 26 rings (SSSR count). The van der Waals surface area contributed by atoms with Gasteiger partial charge in [0.15, 0.2) is 0 Å². The minimum atomic E-state index is -0.477. The van der Waals surface area contributed by atoms with E-state index in [9.17, 15) is 0 Å². The van der Waals surface area contributed by atoms with E-state index >= 15 is 0 Å². The smallest absolute Gasteiger partial charge is 0.0549 e. The summed E-state index contributed by atoms with van der Waals surface area (Å²) in [7, 11) is 0. The highest BCUT2D eigenvalue weighted by Gasteiger charge is 2.58. The zero-order valence-electron chi connectivity index (χ0n) is 85.0. The van der Waals surface area contributed by atoms with Gasteiger partial charge in [-0.25, -0.2) is 0 Å². The summed E-state index contributed by atoms with van der Waals surface area (Å²) in [6.45, 7) is 19.3. The van der Waals surface area contributed by atoms with Crippen LogP contribution in [0.15, 0.2) is 564 Å². The van der Waals surface area contributed by atoms with Crippen molar-refractivity contribution in [1.82, 2.24) is 0 Å². The summed E-state index contributed by atoms with van der Waals surface area (Å²) in [5.74, 6) is 0. The molecule has 22 aromatic carbocycles. The van der Waals surface area contributed by atoms with Crippen molar-refractivity contribution in [3.8, 4) is 66.8 Å². The molecule has 0 spiro atoms. The number of fused-ring (bicyclic) bond motifs is 13. The summed E-state index contributed by atoms with van der Waals surface area (Å²) in [5.41, 5.74) is 41.9. The van der Waals surface area contributed by atoms with E-state index in [4.69, 9.17) is 0 Å². The predicted octanol–water partition coefficient (Wildman–Crippen LogP) is 38.1. The van der Waals surface area contributed by atoms with E-state index in [2.05, 4.69) is 634 Å². The lowest BCUT2D eigenvalue weighted by Crippen LogP contribution is -2.49. The molecule has 712 valence electrons. The van der Waals surface area contributed by atoms with Crippen LogP contribution < -0.4 is 14.7 Å². The van der Waals surface area contributed by atoms with E-state index < -0.39 is 16.2 Å². The molecule has 0 saturated carbocycles. The van der Waals surface area contributed by atoms with Crippen molar-refractivity contribution in [2.75, 3.05) is 14.7 Å². The fourth-order valence-corrected chi connectivity index (χ4v) is 26.3. The highest BCUT2D eigenvalue weighted by Crippen LogP contribution is 2.65. The molecule has 0 aliphatic heterocycles. The highest BCUT2D eigenvalue weighted by atomic mass is 15.2. The number of hydrogen-bond acceptors (Lipinski definition) is 3. The molecule has 4 aliphatic rings. The Labute approximate surface area is 872 Å². The van der Waals surface area contributed by atoms with Crippen LogP contribution in [0.2, 0.25) is 0 Å². The number of benzene rings is 22. The Balaban J connectivity index is 0.000000119. The van der Waals surface area contributed by atoms with Gasteiger partial charge in [0.2, 0.25) is 0 Å². The first kappa shape index (κ1) is 92.9. The largest absolute Gasteiger partial charge is 0.310 e. The first-order chi connectivity index (χ1) is 72.5. The lowest BCUT2D eigenvalue weighted by Gasteiger charge is -2.53. The molecule has 0 heterocycles. The van der Waals surface area contributed by atoms with Crippen molar-refractivity contribution >= 4 is 62.0 Å². The average molecular weight is 1900 g/mol. The van der Waals surface area contributed by atoms with Crippen LogP contribution in [0.1, 0.15) is 133 Å². The summed E-state index contributed by atoms with van der Waals surface area (Å²) >= 11 is 0. The third-order valence-electron chi connectivity index (χ3n) is 33.0. The minimum Gasteiger partial charge on any atom is -0.310 e. The van der Waals surface area contributed by atoms with E-state index in [0.717, 1.165) is 45.5 Å². The summed E-state index contributed by atoms with van der Waals surface area (Å²) in [4.78, 5) is 7.21. The molecule has 0 N–H and O–H groups in total. The topological polar surface area (TPSA) is 9.72 Å². The number of nitrogens with zero attached hydrogens (tertiary/aromatic N) is 3. The fraction of sp³-hybridized carbons (Fsp3) is 0.103. The van der Waals surface area contributed by atoms with Crippen molar-refractivity contribution in [3.05, 3.63) is 642 Å². The van der Waals surface area contributed by atoms with Crippen LogP contribution in [-0.4, -0.2) is 0 Å². The summed E-state index contributed by atoms with van der Waals surface area (Å²) in [6.07, 6.45) is 0. The second kappa shape index (κ2) is 37.9. The van der Waals surface area contributed by atoms with E-state index in [-0.39, 0.29) is 21.7 Å². The zero-order valence-corrected chi connectivity index (χ0v) is 85.0. The van der Waals surface area contributed by atoms with Crippen LogP contribution >= 0.6 is 0 Å². The maximum absolute atomic E-state index is 2.44. The highest BCUT2D eigenvalue weighted by molar-refractivity contribution is 5.93. The Morgan fingerprint density at radius 3 is 0.730 bits per heavy atom. The van der Waals surface area contributed by atoms with Crippen molar-refractivity contribution in [2.24, 2.45) is 0 Å². The van der Waals surface area contributed by atoms with E-state index in [1.165, 1.54) is 161 Å². The molecule has 148 heavy (non-hydrogen) atoms. The van der Waals surface area contributed by atoms with Gasteiger partial charge in [0.05, 0.1) is 16.2 Å². The third-order valence-corrected chi connectivity index (χ3v) is 33.0. The average Bonchev–Trinajstić information content (AvgIpc) is 0.812. The Kier molecular flexibility index (Phi) is 23.8. The lowest BCUT2D eigenvalue weighted by molar-refractivity contribution is 0.353. The molecule has 22 aromatic rings. The molecule has 0 radical (unpaired) electrons. The predicted molar refractivity (Wildman–Crippen MR) is 623 cm³/mol. The van der Waals surface area contributed by atoms with Crippen LogP contribution in [0.3, 0.4) is 0 Å². The molecular weight excluding hydrogens is 1780 g/mol. The number of anilines is 9. The number of rotatable bonds is 17. The molecule has 0 fully saturated rings. The van der Waals surface area contributed by atoms with E-state index in [1.807, 2.05) is 0 Å². The maximum atomic E-state index is 2.44. The van der Waals surface area contributed by atoms with E-state index in [1.54, 1.807) is 0 Å². The molecular formula is C145H117N3. The molecule has 3 nitrogen and oxygen atoms in total. The Morgan fingerprint density at radius 1 is 0.128 bits per heavy atom. The van der Waals surface area contributed by atoms with Gasteiger partial charge >= 0.3 is 0 Å². The maximum Gasteiger partial charge on any atom is 0.0549 e. The van der Waals surface area contributed by atoms with Gasteiger partial charge in [-0.15, -0.1) is 0 Å². The number of para-hydroxylation sites is 2. The van der Waals surface area contributed by atoms with Gasteiger partial charge in [0, 0.05) is 72.8 Å². The Morgan fingerprint density at radius 2 is 0.351 bits per heavy atom. The van der Waals surface area contributed by atoms with Crippen LogP contribution in [0.5, 0.6) is 0 Å². The SMILES string of the molecule is CC1(C)c2ccccc2-c2ccc(N(c3ccccc3)c3ccc(C4(c5ccccc5)c5ccccc5-c5ccccc5C4(C)C)cc3)cc21.CC1(C)c2ccccc2-c2ccccc2C1(c1ccccc1)c1cccc(N(c2ccc(-c3ccccc3)cc2)c2ccc(-c3ccccc3)cc2)c1.CC1(C)c2ccccc2-c2ccccc2C1(c1ccccc1)c1cccc(N(c2ccccc2)c2ccc3ccccc3c2)c1. The summed E-state index contributed by atoms with van der Waals surface area (Å²) in [6, 6.07) is 207. The van der Waals surface area contributed by atoms with Gasteiger partial charge in [-0.3, -0.25) is 0 Å². The van der Waals surface area contributed by atoms with Gasteiger partial charge in [0.1, 0.15) is 0 Å².